The van der Waals surface area contributed by atoms with Crippen molar-refractivity contribution in [2.24, 2.45) is 0 Å². The molecule has 0 spiro atoms. The Morgan fingerprint density at radius 1 is 1.64 bits per heavy atom. The molecular formula is C6H15BFNO2. The number of halogens is 1. The Kier molecular flexibility index (Phi) is 11.2. The fraction of sp³-hybridized carbons (Fsp3) is 0.833. The average molecular weight is 163 g/mol. The van der Waals surface area contributed by atoms with E-state index in [1.165, 1.54) is 0 Å². The second kappa shape index (κ2) is 9.42. The molecule has 0 radical (unpaired) electrons. The third kappa shape index (κ3) is 17.7. The molecule has 0 amide bonds. The van der Waals surface area contributed by atoms with E-state index in [0.717, 1.165) is 13.7 Å². The summed E-state index contributed by atoms with van der Waals surface area (Å²) in [5.74, 6) is -0.824. The minimum Gasteiger partial charge on any atom is -0.475 e. The molecular weight excluding hydrogens is 148 g/mol. The molecule has 0 unspecified atom stereocenters. The largest absolute Gasteiger partial charge is 0.475 e. The number of hydrogen-bond acceptors (Lipinski definition) is 3. The van der Waals surface area contributed by atoms with Crippen molar-refractivity contribution in [2.75, 3.05) is 27.7 Å². The highest BCUT2D eigenvalue weighted by Gasteiger charge is 1.97. The van der Waals surface area contributed by atoms with Crippen LogP contribution in [0.1, 0.15) is 6.92 Å². The highest BCUT2D eigenvalue weighted by molar-refractivity contribution is 6.66. The van der Waals surface area contributed by atoms with Crippen molar-refractivity contribution < 1.29 is 13.8 Å². The van der Waals surface area contributed by atoms with Crippen LogP contribution in [0.15, 0.2) is 0 Å². The van der Waals surface area contributed by atoms with Crippen molar-refractivity contribution in [1.29, 1.82) is 0 Å². The summed E-state index contributed by atoms with van der Waals surface area (Å²) in [6.45, 7) is 3.26. The van der Waals surface area contributed by atoms with Crippen LogP contribution in [0.5, 0.6) is 0 Å². The Morgan fingerprint density at radius 2 is 2.00 bits per heavy atom. The van der Waals surface area contributed by atoms with Gasteiger partial charge in [-0.15, -0.1) is 0 Å². The predicted molar refractivity (Wildman–Crippen MR) is 44.9 cm³/mol. The zero-order valence-corrected chi connectivity index (χ0v) is 7.56. The molecule has 0 aliphatic rings. The quantitative estimate of drug-likeness (QED) is 0.559. The molecule has 0 bridgehead atoms. The van der Waals surface area contributed by atoms with Crippen LogP contribution in [0, 0.1) is 0 Å². The summed E-state index contributed by atoms with van der Waals surface area (Å²) in [5, 5.41) is 0. The van der Waals surface area contributed by atoms with Gasteiger partial charge in [-0.3, -0.25) is 4.79 Å². The van der Waals surface area contributed by atoms with Crippen molar-refractivity contribution >= 4 is 13.4 Å². The SMILES string of the molecule is CCN(C)C.COC(=O)BF. The number of nitrogens with zero attached hydrogens (tertiary/aromatic N) is 1. The van der Waals surface area contributed by atoms with Gasteiger partial charge in [-0.1, -0.05) is 6.92 Å². The molecule has 0 heterocycles. The lowest BCUT2D eigenvalue weighted by molar-refractivity contribution is 0.196. The summed E-state index contributed by atoms with van der Waals surface area (Å²) in [4.78, 5) is 11.7. The van der Waals surface area contributed by atoms with Crippen LogP contribution in [0.3, 0.4) is 0 Å². The van der Waals surface area contributed by atoms with Crippen LogP contribution >= 0.6 is 0 Å². The molecule has 0 N–H and O–H groups in total. The first-order valence-electron chi connectivity index (χ1n) is 3.36. The normalized spacial score (nSPS) is 8.18. The second-order valence-electron chi connectivity index (χ2n) is 2.11. The Bertz CT molecular complexity index is 94.6. The van der Waals surface area contributed by atoms with E-state index < -0.39 is 13.4 Å². The van der Waals surface area contributed by atoms with Gasteiger partial charge >= 0.3 is 7.56 Å². The number of hydrogen-bond donors (Lipinski definition) is 0. The summed E-state index contributed by atoms with van der Waals surface area (Å²) in [7, 11) is 4.22. The first kappa shape index (κ1) is 13.0. The van der Waals surface area contributed by atoms with Crippen LogP contribution in [0.2, 0.25) is 0 Å². The first-order valence-corrected chi connectivity index (χ1v) is 3.36. The van der Waals surface area contributed by atoms with E-state index in [9.17, 15) is 9.11 Å². The molecule has 0 saturated heterocycles. The predicted octanol–water partition coefficient (Wildman–Crippen LogP) is 0.642. The summed E-state index contributed by atoms with van der Waals surface area (Å²) in [6.07, 6.45) is 0. The minimum absolute atomic E-state index is 0.824. The maximum Gasteiger partial charge on any atom is 0.457 e. The third-order valence-electron chi connectivity index (χ3n) is 0.969. The highest BCUT2D eigenvalue weighted by Crippen LogP contribution is 1.71. The van der Waals surface area contributed by atoms with E-state index in [-0.39, 0.29) is 0 Å². The van der Waals surface area contributed by atoms with Gasteiger partial charge in [-0.25, -0.2) is 0 Å². The Hall–Kier alpha value is -0.575. The molecule has 11 heavy (non-hydrogen) atoms. The van der Waals surface area contributed by atoms with E-state index in [1.807, 2.05) is 0 Å². The zero-order chi connectivity index (χ0) is 9.28. The molecule has 0 aromatic carbocycles. The fourth-order valence-electron chi connectivity index (χ4n) is 0.0546. The number of carbonyl (C=O) groups is 1. The van der Waals surface area contributed by atoms with Crippen molar-refractivity contribution in [2.45, 2.75) is 6.92 Å². The Morgan fingerprint density at radius 3 is 2.00 bits per heavy atom. The molecule has 0 rings (SSSR count). The van der Waals surface area contributed by atoms with Gasteiger partial charge in [-0.2, -0.15) is 0 Å². The van der Waals surface area contributed by atoms with E-state index >= 15 is 0 Å². The van der Waals surface area contributed by atoms with E-state index in [0.29, 0.717) is 0 Å². The van der Waals surface area contributed by atoms with Crippen LogP contribution in [-0.4, -0.2) is 46.1 Å². The van der Waals surface area contributed by atoms with Gasteiger partial charge < -0.3 is 14.0 Å². The standard InChI is InChI=1S/C4H11N.C2H4BFO2/c1-4-5(2)3;1-6-2(5)3-4/h4H2,1-3H3;3H,1H3. The lowest BCUT2D eigenvalue weighted by Gasteiger charge is -2.00. The first-order chi connectivity index (χ1) is 5.08. The van der Waals surface area contributed by atoms with Gasteiger partial charge in [0.05, 0.1) is 7.11 Å². The maximum absolute atomic E-state index is 10.9. The molecule has 5 heteroatoms. The fourth-order valence-corrected chi connectivity index (χ4v) is 0.0546. The van der Waals surface area contributed by atoms with Crippen LogP contribution in [-0.2, 0) is 4.74 Å². The van der Waals surface area contributed by atoms with E-state index in [2.05, 4.69) is 30.7 Å². The smallest absolute Gasteiger partial charge is 0.457 e. The van der Waals surface area contributed by atoms with Gasteiger partial charge in [0.15, 0.2) is 0 Å². The Balaban J connectivity index is 0. The maximum atomic E-state index is 10.9. The average Bonchev–Trinajstić information content (AvgIpc) is 2.04. The lowest BCUT2D eigenvalue weighted by Crippen LogP contribution is -2.08. The molecule has 0 fully saturated rings. The Labute approximate surface area is 67.8 Å². The van der Waals surface area contributed by atoms with Crippen molar-refractivity contribution in [3.63, 3.8) is 0 Å². The topological polar surface area (TPSA) is 29.5 Å². The lowest BCUT2D eigenvalue weighted by atomic mass is 10.1. The van der Waals surface area contributed by atoms with Crippen molar-refractivity contribution in [1.82, 2.24) is 4.90 Å². The summed E-state index contributed by atoms with van der Waals surface area (Å²) < 4.78 is 14.8. The molecule has 0 aliphatic carbocycles. The third-order valence-corrected chi connectivity index (χ3v) is 0.969. The molecule has 0 saturated carbocycles. The minimum atomic E-state index is -1.03. The molecule has 0 aliphatic heterocycles. The number of carbonyl (C=O) groups excluding carboxylic acids is 1. The van der Waals surface area contributed by atoms with E-state index in [4.69, 9.17) is 0 Å². The van der Waals surface area contributed by atoms with Crippen LogP contribution < -0.4 is 0 Å². The van der Waals surface area contributed by atoms with Crippen molar-refractivity contribution in [3.8, 4) is 0 Å². The molecule has 0 atom stereocenters. The van der Waals surface area contributed by atoms with Gasteiger partial charge in [-0.05, 0) is 20.6 Å². The van der Waals surface area contributed by atoms with Gasteiger partial charge in [0.2, 0.25) is 0 Å². The van der Waals surface area contributed by atoms with Gasteiger partial charge in [0.25, 0.3) is 5.87 Å². The van der Waals surface area contributed by atoms with Gasteiger partial charge in [0.1, 0.15) is 0 Å². The highest BCUT2D eigenvalue weighted by atomic mass is 19.1. The molecule has 0 aromatic heterocycles. The number of rotatable bonds is 2. The van der Waals surface area contributed by atoms with Crippen molar-refractivity contribution in [3.05, 3.63) is 0 Å². The summed E-state index contributed by atoms with van der Waals surface area (Å²) >= 11 is 0. The summed E-state index contributed by atoms with van der Waals surface area (Å²) in [6, 6.07) is 0. The summed E-state index contributed by atoms with van der Waals surface area (Å²) in [5.41, 5.74) is 0. The molecule has 3 nitrogen and oxygen atoms in total. The van der Waals surface area contributed by atoms with Crippen LogP contribution in [0.25, 0.3) is 0 Å². The monoisotopic (exact) mass is 163 g/mol. The number of methoxy groups -OCH3 is 1. The molecule has 0 aromatic rings. The zero-order valence-electron chi connectivity index (χ0n) is 7.56. The second-order valence-corrected chi connectivity index (χ2v) is 2.11. The van der Waals surface area contributed by atoms with Gasteiger partial charge in [0, 0.05) is 0 Å². The van der Waals surface area contributed by atoms with Crippen LogP contribution in [0.4, 0.5) is 9.11 Å². The van der Waals surface area contributed by atoms with E-state index in [1.54, 1.807) is 0 Å². The molecule has 66 valence electrons. The number of ether oxygens (including phenoxy) is 1.